The summed E-state index contributed by atoms with van der Waals surface area (Å²) in [5.41, 5.74) is 6.94. The summed E-state index contributed by atoms with van der Waals surface area (Å²) in [4.78, 5) is 33.1. The van der Waals surface area contributed by atoms with E-state index >= 15 is 0 Å². The molecule has 7 heteroatoms. The Balaban J connectivity index is 1.88. The van der Waals surface area contributed by atoms with E-state index in [-0.39, 0.29) is 17.4 Å². The van der Waals surface area contributed by atoms with Gasteiger partial charge in [-0.1, -0.05) is 12.1 Å². The summed E-state index contributed by atoms with van der Waals surface area (Å²) >= 11 is 0. The van der Waals surface area contributed by atoms with Crippen molar-refractivity contribution in [1.82, 2.24) is 20.0 Å². The van der Waals surface area contributed by atoms with Crippen molar-refractivity contribution in [3.8, 4) is 0 Å². The molecule has 3 rings (SSSR count). The van der Waals surface area contributed by atoms with Gasteiger partial charge in [-0.15, -0.1) is 0 Å². The van der Waals surface area contributed by atoms with E-state index < -0.39 is 0 Å². The first-order valence-electron chi connectivity index (χ1n) is 7.58. The number of rotatable bonds is 4. The van der Waals surface area contributed by atoms with Crippen molar-refractivity contribution in [2.75, 3.05) is 5.43 Å². The number of hydrazine groups is 1. The van der Waals surface area contributed by atoms with Gasteiger partial charge < -0.3 is 0 Å². The lowest BCUT2D eigenvalue weighted by atomic mass is 10.2. The minimum absolute atomic E-state index is 0.156. The summed E-state index contributed by atoms with van der Waals surface area (Å²) < 4.78 is 1.47. The second-order valence-corrected chi connectivity index (χ2v) is 5.27. The number of fused-ring (bicyclic) bond motifs is 1. The normalized spacial score (nSPS) is 10.6. The molecular weight excluding hydrogens is 306 g/mol. The first-order chi connectivity index (χ1) is 11.6. The average Bonchev–Trinajstić information content (AvgIpc) is 2.60. The molecule has 122 valence electrons. The minimum atomic E-state index is -0.354. The number of aromatic nitrogens is 3. The van der Waals surface area contributed by atoms with Crippen LogP contribution in [-0.4, -0.2) is 20.4 Å². The Kier molecular flexibility index (Phi) is 4.24. The van der Waals surface area contributed by atoms with Gasteiger partial charge in [-0.05, 0) is 38.1 Å². The van der Waals surface area contributed by atoms with Crippen LogP contribution in [0.25, 0.3) is 10.9 Å². The van der Waals surface area contributed by atoms with Crippen LogP contribution in [-0.2, 0) is 6.54 Å². The quantitative estimate of drug-likeness (QED) is 0.716. The molecule has 1 amide bonds. The summed E-state index contributed by atoms with van der Waals surface area (Å²) in [6.07, 6.45) is 1.49. The molecule has 0 aliphatic rings. The molecule has 0 unspecified atom stereocenters. The molecule has 2 N–H and O–H groups in total. The molecule has 0 saturated carbocycles. The lowest BCUT2D eigenvalue weighted by Gasteiger charge is -2.14. The number of benzene rings is 1. The smallest absolute Gasteiger partial charge is 0.271 e. The lowest BCUT2D eigenvalue weighted by Crippen LogP contribution is -2.34. The Morgan fingerprint density at radius 1 is 1.21 bits per heavy atom. The number of hydrogen-bond acceptors (Lipinski definition) is 5. The van der Waals surface area contributed by atoms with Crippen molar-refractivity contribution in [2.45, 2.75) is 20.4 Å². The molecule has 0 fully saturated rings. The van der Waals surface area contributed by atoms with Crippen LogP contribution in [0.1, 0.15) is 23.0 Å². The van der Waals surface area contributed by atoms with Crippen LogP contribution >= 0.6 is 0 Å². The number of nitrogens with one attached hydrogen (secondary N) is 2. The van der Waals surface area contributed by atoms with Gasteiger partial charge in [0.1, 0.15) is 0 Å². The summed E-state index contributed by atoms with van der Waals surface area (Å²) in [5, 5.41) is 0.541. The topological polar surface area (TPSA) is 88.9 Å². The molecule has 0 radical (unpaired) electrons. The molecule has 0 atom stereocenters. The van der Waals surface area contributed by atoms with Gasteiger partial charge in [-0.2, -0.15) is 0 Å². The number of amides is 1. The number of carbonyl (C=O) groups excluding carboxylic acids is 1. The summed E-state index contributed by atoms with van der Waals surface area (Å²) in [7, 11) is 0. The Labute approximate surface area is 138 Å². The molecule has 0 saturated heterocycles. The molecule has 7 nitrogen and oxygen atoms in total. The Hall–Kier alpha value is -3.22. The zero-order valence-corrected chi connectivity index (χ0v) is 13.4. The average molecular weight is 323 g/mol. The number of carbonyl (C=O) groups is 1. The van der Waals surface area contributed by atoms with Crippen LogP contribution in [0.5, 0.6) is 0 Å². The highest BCUT2D eigenvalue weighted by Gasteiger charge is 2.11. The fourth-order valence-electron chi connectivity index (χ4n) is 2.34. The monoisotopic (exact) mass is 323 g/mol. The van der Waals surface area contributed by atoms with Crippen molar-refractivity contribution < 1.29 is 4.79 Å². The van der Waals surface area contributed by atoms with Crippen molar-refractivity contribution in [1.29, 1.82) is 0 Å². The largest absolute Gasteiger partial charge is 0.277 e. The predicted octanol–water partition coefficient (Wildman–Crippen LogP) is 1.88. The second kappa shape index (κ2) is 6.49. The van der Waals surface area contributed by atoms with Crippen molar-refractivity contribution in [3.05, 3.63) is 64.2 Å². The molecule has 24 heavy (non-hydrogen) atoms. The standard InChI is InChI=1S/C17H17N5O2/c1-3-22-16(24)13-6-4-5-7-14(13)19-17(22)21-20-15(23)12-9-8-11(2)18-10-12/h4-10H,3H2,1-2H3,(H,19,21)(H,20,23). The van der Waals surface area contributed by atoms with Gasteiger partial charge in [0.05, 0.1) is 16.5 Å². The third kappa shape index (κ3) is 2.96. The van der Waals surface area contributed by atoms with Crippen LogP contribution < -0.4 is 16.4 Å². The Morgan fingerprint density at radius 2 is 2.00 bits per heavy atom. The maximum absolute atomic E-state index is 12.5. The number of aryl methyl sites for hydroxylation is 1. The second-order valence-electron chi connectivity index (χ2n) is 5.27. The fourth-order valence-corrected chi connectivity index (χ4v) is 2.34. The number of nitrogens with zero attached hydrogens (tertiary/aromatic N) is 3. The Morgan fingerprint density at radius 3 is 2.71 bits per heavy atom. The zero-order valence-electron chi connectivity index (χ0n) is 13.4. The third-order valence-electron chi connectivity index (χ3n) is 3.64. The third-order valence-corrected chi connectivity index (χ3v) is 3.64. The highest BCUT2D eigenvalue weighted by Crippen LogP contribution is 2.10. The number of pyridine rings is 1. The van der Waals surface area contributed by atoms with Crippen LogP contribution in [0.3, 0.4) is 0 Å². The summed E-state index contributed by atoms with van der Waals surface area (Å²) in [6.45, 7) is 4.12. The van der Waals surface area contributed by atoms with Gasteiger partial charge in [0.25, 0.3) is 11.5 Å². The summed E-state index contributed by atoms with van der Waals surface area (Å²) in [6, 6.07) is 10.5. The number of para-hydroxylation sites is 1. The lowest BCUT2D eigenvalue weighted by molar-refractivity contribution is 0.0961. The van der Waals surface area contributed by atoms with Gasteiger partial charge in [0.15, 0.2) is 0 Å². The van der Waals surface area contributed by atoms with Crippen LogP contribution in [0, 0.1) is 6.92 Å². The molecule has 2 heterocycles. The van der Waals surface area contributed by atoms with E-state index in [1.54, 1.807) is 30.3 Å². The predicted molar refractivity (Wildman–Crippen MR) is 91.7 cm³/mol. The molecule has 2 aromatic heterocycles. The highest BCUT2D eigenvalue weighted by atomic mass is 16.2. The maximum atomic E-state index is 12.5. The molecular formula is C17H17N5O2. The molecule has 3 aromatic rings. The van der Waals surface area contributed by atoms with E-state index in [4.69, 9.17) is 0 Å². The van der Waals surface area contributed by atoms with E-state index in [1.807, 2.05) is 19.9 Å². The molecule has 1 aromatic carbocycles. The van der Waals surface area contributed by atoms with Gasteiger partial charge in [0.2, 0.25) is 5.95 Å². The van der Waals surface area contributed by atoms with Crippen molar-refractivity contribution in [2.24, 2.45) is 0 Å². The molecule has 0 bridgehead atoms. The van der Waals surface area contributed by atoms with E-state index in [9.17, 15) is 9.59 Å². The fraction of sp³-hybridized carbons (Fsp3) is 0.176. The minimum Gasteiger partial charge on any atom is -0.277 e. The van der Waals surface area contributed by atoms with Crippen molar-refractivity contribution >= 4 is 22.8 Å². The summed E-state index contributed by atoms with van der Waals surface area (Å²) in [5.74, 6) is -0.0674. The van der Waals surface area contributed by atoms with E-state index in [2.05, 4.69) is 20.8 Å². The van der Waals surface area contributed by atoms with Crippen LogP contribution in [0.15, 0.2) is 47.4 Å². The SMILES string of the molecule is CCn1c(NNC(=O)c2ccc(C)nc2)nc2ccccc2c1=O. The maximum Gasteiger partial charge on any atom is 0.271 e. The molecule has 0 aliphatic carbocycles. The highest BCUT2D eigenvalue weighted by molar-refractivity contribution is 5.94. The van der Waals surface area contributed by atoms with E-state index in [0.717, 1.165) is 5.69 Å². The Bertz CT molecular complexity index is 947. The van der Waals surface area contributed by atoms with Gasteiger partial charge >= 0.3 is 0 Å². The first kappa shape index (κ1) is 15.7. The van der Waals surface area contributed by atoms with Gasteiger partial charge in [0, 0.05) is 18.4 Å². The first-order valence-corrected chi connectivity index (χ1v) is 7.58. The van der Waals surface area contributed by atoms with E-state index in [0.29, 0.717) is 23.0 Å². The van der Waals surface area contributed by atoms with Crippen LogP contribution in [0.4, 0.5) is 5.95 Å². The zero-order chi connectivity index (χ0) is 17.1. The van der Waals surface area contributed by atoms with Crippen LogP contribution in [0.2, 0.25) is 0 Å². The van der Waals surface area contributed by atoms with E-state index in [1.165, 1.54) is 10.8 Å². The van der Waals surface area contributed by atoms with Gasteiger partial charge in [-0.25, -0.2) is 4.98 Å². The number of hydrogen-bond donors (Lipinski definition) is 2. The molecule has 0 spiro atoms. The van der Waals surface area contributed by atoms with Gasteiger partial charge in [-0.3, -0.25) is 30.0 Å². The van der Waals surface area contributed by atoms with Crippen molar-refractivity contribution in [3.63, 3.8) is 0 Å². The number of anilines is 1. The molecule has 0 aliphatic heterocycles.